The summed E-state index contributed by atoms with van der Waals surface area (Å²) in [6.07, 6.45) is 4.52. The van der Waals surface area contributed by atoms with Gasteiger partial charge in [-0.2, -0.15) is 0 Å². The first-order valence-corrected chi connectivity index (χ1v) is 6.99. The highest BCUT2D eigenvalue weighted by atomic mass is 16.3. The molecular formula is C14H23N3O2. The van der Waals surface area contributed by atoms with Crippen LogP contribution >= 0.6 is 0 Å². The summed E-state index contributed by atoms with van der Waals surface area (Å²) in [7, 11) is 0. The lowest BCUT2D eigenvalue weighted by molar-refractivity contribution is -0.122. The summed E-state index contributed by atoms with van der Waals surface area (Å²) in [5.74, 6) is 1.00. The molecule has 1 aliphatic rings. The van der Waals surface area contributed by atoms with Crippen molar-refractivity contribution in [3.05, 3.63) is 24.2 Å². The fraction of sp³-hybridized carbons (Fsp3) is 0.643. The topological polar surface area (TPSA) is 71.5 Å². The molecule has 1 saturated carbocycles. The standard InChI is InChI=1S/C14H23N3O2/c1-2-16-14(18)8-12(9-15)17(11-5-6-11)10-13-4-3-7-19-13/h3-4,7,11-12H,2,5-6,8-10,15H2,1H3,(H,16,18). The third-order valence-electron chi connectivity index (χ3n) is 3.47. The Morgan fingerprint density at radius 3 is 2.95 bits per heavy atom. The number of nitrogens with two attached hydrogens (primary N) is 1. The van der Waals surface area contributed by atoms with Crippen molar-refractivity contribution in [1.29, 1.82) is 0 Å². The predicted octanol–water partition coefficient (Wildman–Crippen LogP) is 1.10. The number of nitrogens with zero attached hydrogens (tertiary/aromatic N) is 1. The van der Waals surface area contributed by atoms with Gasteiger partial charge in [0, 0.05) is 31.6 Å². The second-order valence-corrected chi connectivity index (χ2v) is 5.03. The third-order valence-corrected chi connectivity index (χ3v) is 3.47. The molecule has 5 heteroatoms. The average Bonchev–Trinajstić information content (AvgIpc) is 3.11. The molecule has 1 aromatic heterocycles. The van der Waals surface area contributed by atoms with Crippen LogP contribution in [0.2, 0.25) is 0 Å². The normalized spacial score (nSPS) is 16.6. The zero-order chi connectivity index (χ0) is 13.7. The maximum absolute atomic E-state index is 11.7. The molecule has 2 rings (SSSR count). The Morgan fingerprint density at radius 1 is 1.63 bits per heavy atom. The molecule has 19 heavy (non-hydrogen) atoms. The van der Waals surface area contributed by atoms with Crippen molar-refractivity contribution < 1.29 is 9.21 Å². The van der Waals surface area contributed by atoms with Crippen LogP contribution in [0.15, 0.2) is 22.8 Å². The van der Waals surface area contributed by atoms with E-state index in [9.17, 15) is 4.79 Å². The van der Waals surface area contributed by atoms with Gasteiger partial charge in [-0.05, 0) is 31.9 Å². The van der Waals surface area contributed by atoms with Crippen LogP contribution in [-0.2, 0) is 11.3 Å². The van der Waals surface area contributed by atoms with E-state index in [1.807, 2.05) is 19.1 Å². The van der Waals surface area contributed by atoms with Crippen molar-refractivity contribution in [2.45, 2.75) is 44.8 Å². The number of carbonyl (C=O) groups is 1. The molecule has 5 nitrogen and oxygen atoms in total. The minimum Gasteiger partial charge on any atom is -0.468 e. The Hall–Kier alpha value is -1.33. The Bertz CT molecular complexity index is 387. The second kappa shape index (κ2) is 6.73. The highest BCUT2D eigenvalue weighted by Crippen LogP contribution is 2.30. The number of furan rings is 1. The van der Waals surface area contributed by atoms with Gasteiger partial charge in [0.1, 0.15) is 5.76 Å². The fourth-order valence-corrected chi connectivity index (χ4v) is 2.36. The van der Waals surface area contributed by atoms with Crippen LogP contribution in [0.1, 0.15) is 31.9 Å². The summed E-state index contributed by atoms with van der Waals surface area (Å²) in [6, 6.07) is 4.49. The molecule has 0 aliphatic heterocycles. The van der Waals surface area contributed by atoms with Crippen LogP contribution in [0.3, 0.4) is 0 Å². The van der Waals surface area contributed by atoms with Crippen LogP contribution < -0.4 is 11.1 Å². The number of amides is 1. The lowest BCUT2D eigenvalue weighted by atomic mass is 10.1. The molecule has 1 fully saturated rings. The SMILES string of the molecule is CCNC(=O)CC(CN)N(Cc1ccco1)C1CC1. The molecule has 1 aliphatic carbocycles. The Balaban J connectivity index is 1.97. The molecule has 1 amide bonds. The molecule has 0 saturated heterocycles. The van der Waals surface area contributed by atoms with E-state index in [1.165, 1.54) is 12.8 Å². The fourth-order valence-electron chi connectivity index (χ4n) is 2.36. The van der Waals surface area contributed by atoms with Gasteiger partial charge in [-0.15, -0.1) is 0 Å². The van der Waals surface area contributed by atoms with Gasteiger partial charge in [-0.3, -0.25) is 9.69 Å². The first-order chi connectivity index (χ1) is 9.24. The van der Waals surface area contributed by atoms with Crippen molar-refractivity contribution in [2.24, 2.45) is 5.73 Å². The molecular weight excluding hydrogens is 242 g/mol. The van der Waals surface area contributed by atoms with Gasteiger partial charge in [0.2, 0.25) is 5.91 Å². The predicted molar refractivity (Wildman–Crippen MR) is 73.4 cm³/mol. The van der Waals surface area contributed by atoms with Crippen LogP contribution in [0.25, 0.3) is 0 Å². The molecule has 0 bridgehead atoms. The van der Waals surface area contributed by atoms with Gasteiger partial charge in [0.25, 0.3) is 0 Å². The smallest absolute Gasteiger partial charge is 0.221 e. The van der Waals surface area contributed by atoms with Gasteiger partial charge >= 0.3 is 0 Å². The minimum absolute atomic E-state index is 0.0723. The number of hydrogen-bond acceptors (Lipinski definition) is 4. The van der Waals surface area contributed by atoms with E-state index in [0.717, 1.165) is 12.3 Å². The number of hydrogen-bond donors (Lipinski definition) is 2. The van der Waals surface area contributed by atoms with Gasteiger partial charge in [-0.25, -0.2) is 0 Å². The first kappa shape index (κ1) is 14.1. The van der Waals surface area contributed by atoms with Crippen LogP contribution in [0.4, 0.5) is 0 Å². The highest BCUT2D eigenvalue weighted by Gasteiger charge is 2.34. The molecule has 0 aromatic carbocycles. The van der Waals surface area contributed by atoms with Crippen molar-refractivity contribution in [3.63, 3.8) is 0 Å². The number of carbonyl (C=O) groups excluding carboxylic acids is 1. The first-order valence-electron chi connectivity index (χ1n) is 6.99. The maximum atomic E-state index is 11.7. The Kier molecular flexibility index (Phi) is 4.99. The monoisotopic (exact) mass is 265 g/mol. The van der Waals surface area contributed by atoms with Crippen LogP contribution in [-0.4, -0.2) is 36.0 Å². The second-order valence-electron chi connectivity index (χ2n) is 5.03. The number of nitrogens with one attached hydrogen (secondary N) is 1. The lowest BCUT2D eigenvalue weighted by Crippen LogP contribution is -2.44. The van der Waals surface area contributed by atoms with E-state index in [2.05, 4.69) is 10.2 Å². The molecule has 106 valence electrons. The summed E-state index contributed by atoms with van der Waals surface area (Å²) in [5, 5.41) is 2.84. The van der Waals surface area contributed by atoms with Crippen molar-refractivity contribution in [1.82, 2.24) is 10.2 Å². The van der Waals surface area contributed by atoms with E-state index >= 15 is 0 Å². The number of rotatable bonds is 8. The minimum atomic E-state index is 0.0723. The highest BCUT2D eigenvalue weighted by molar-refractivity contribution is 5.76. The summed E-state index contributed by atoms with van der Waals surface area (Å²) >= 11 is 0. The quantitative estimate of drug-likeness (QED) is 0.738. The average molecular weight is 265 g/mol. The largest absolute Gasteiger partial charge is 0.468 e. The van der Waals surface area contributed by atoms with Crippen molar-refractivity contribution >= 4 is 5.91 Å². The van der Waals surface area contributed by atoms with Crippen LogP contribution in [0.5, 0.6) is 0 Å². The summed E-state index contributed by atoms with van der Waals surface area (Å²) < 4.78 is 5.41. The summed E-state index contributed by atoms with van der Waals surface area (Å²) in [5.41, 5.74) is 5.86. The van der Waals surface area contributed by atoms with Crippen LogP contribution in [0, 0.1) is 0 Å². The molecule has 1 aromatic rings. The molecule has 1 heterocycles. The molecule has 0 spiro atoms. The van der Waals surface area contributed by atoms with E-state index in [0.29, 0.717) is 25.6 Å². The molecule has 1 atom stereocenters. The van der Waals surface area contributed by atoms with Gasteiger partial charge in [0.05, 0.1) is 12.8 Å². The van der Waals surface area contributed by atoms with Gasteiger partial charge < -0.3 is 15.5 Å². The lowest BCUT2D eigenvalue weighted by Gasteiger charge is -2.29. The maximum Gasteiger partial charge on any atom is 0.221 e. The Labute approximate surface area is 114 Å². The zero-order valence-corrected chi connectivity index (χ0v) is 11.5. The summed E-state index contributed by atoms with van der Waals surface area (Å²) in [4.78, 5) is 14.1. The van der Waals surface area contributed by atoms with E-state index in [-0.39, 0.29) is 11.9 Å². The van der Waals surface area contributed by atoms with E-state index < -0.39 is 0 Å². The van der Waals surface area contributed by atoms with Gasteiger partial charge in [-0.1, -0.05) is 0 Å². The summed E-state index contributed by atoms with van der Waals surface area (Å²) in [6.45, 7) is 3.82. The zero-order valence-electron chi connectivity index (χ0n) is 11.5. The van der Waals surface area contributed by atoms with E-state index in [1.54, 1.807) is 6.26 Å². The van der Waals surface area contributed by atoms with E-state index in [4.69, 9.17) is 10.2 Å². The van der Waals surface area contributed by atoms with Crippen molar-refractivity contribution in [2.75, 3.05) is 13.1 Å². The third kappa shape index (κ3) is 4.08. The molecule has 1 unspecified atom stereocenters. The van der Waals surface area contributed by atoms with Gasteiger partial charge in [0.15, 0.2) is 0 Å². The molecule has 3 N–H and O–H groups in total. The molecule has 0 radical (unpaired) electrons. The van der Waals surface area contributed by atoms with Crippen molar-refractivity contribution in [3.8, 4) is 0 Å². The Morgan fingerprint density at radius 2 is 2.42 bits per heavy atom.